The van der Waals surface area contributed by atoms with E-state index < -0.39 is 0 Å². The van der Waals surface area contributed by atoms with Crippen LogP contribution in [0.25, 0.3) is 0 Å². The molecule has 0 heterocycles. The monoisotopic (exact) mass is 129 g/mol. The third-order valence-corrected chi connectivity index (χ3v) is 2.15. The average Bonchev–Trinajstić information content (AvgIpc) is 1.66. The summed E-state index contributed by atoms with van der Waals surface area (Å²) in [6.45, 7) is 2.17. The van der Waals surface area contributed by atoms with Crippen molar-refractivity contribution in [1.82, 2.24) is 4.57 Å². The summed E-state index contributed by atoms with van der Waals surface area (Å²) in [5.41, 5.74) is 2.32. The van der Waals surface area contributed by atoms with Crippen molar-refractivity contribution < 1.29 is 0 Å². The van der Waals surface area contributed by atoms with Crippen LogP contribution in [0, 0.1) is 0 Å². The van der Waals surface area contributed by atoms with Crippen LogP contribution in [0.4, 0.5) is 0 Å². The summed E-state index contributed by atoms with van der Waals surface area (Å²) in [5, 5.41) is 0. The first-order chi connectivity index (χ1) is 3.77. The highest BCUT2D eigenvalue weighted by atomic mass is 28.2. The molecule has 1 nitrogen and oxygen atoms in total. The molecule has 0 atom stereocenters. The molecule has 0 aliphatic heterocycles. The Hall–Kier alpha value is -0.0831. The van der Waals surface area contributed by atoms with Gasteiger partial charge < -0.3 is 4.57 Å². The number of hydrogen-bond acceptors (Lipinski definition) is 1. The van der Waals surface area contributed by atoms with Crippen molar-refractivity contribution in [2.24, 2.45) is 0 Å². The van der Waals surface area contributed by atoms with Crippen molar-refractivity contribution >= 4 is 9.68 Å². The van der Waals surface area contributed by atoms with E-state index in [1.165, 1.54) is 6.42 Å². The Kier molecular flexibility index (Phi) is 5.01. The van der Waals surface area contributed by atoms with Gasteiger partial charge in [0.2, 0.25) is 0 Å². The molecule has 0 amide bonds. The van der Waals surface area contributed by atoms with Crippen LogP contribution >= 0.6 is 0 Å². The summed E-state index contributed by atoms with van der Waals surface area (Å²) in [7, 11) is 4.25. The Bertz CT molecular complexity index is 68.9. The summed E-state index contributed by atoms with van der Waals surface area (Å²) in [4.78, 5) is 0. The third-order valence-electron chi connectivity index (χ3n) is 0.873. The van der Waals surface area contributed by atoms with E-state index in [0.29, 0.717) is 0 Å². The number of hydrogen-bond donors (Lipinski definition) is 0. The lowest BCUT2D eigenvalue weighted by atomic mass is 10.5. The van der Waals surface area contributed by atoms with E-state index in [2.05, 4.69) is 37.4 Å². The molecule has 0 saturated heterocycles. The molecule has 0 aromatic rings. The van der Waals surface area contributed by atoms with Crippen LogP contribution in [0.2, 0.25) is 0 Å². The minimum Gasteiger partial charge on any atom is -0.331 e. The van der Waals surface area contributed by atoms with Crippen molar-refractivity contribution in [3.05, 3.63) is 11.8 Å². The molecule has 0 bridgehead atoms. The van der Waals surface area contributed by atoms with Crippen LogP contribution < -0.4 is 0 Å². The Morgan fingerprint density at radius 2 is 2.12 bits per heavy atom. The zero-order valence-corrected chi connectivity index (χ0v) is 7.43. The van der Waals surface area contributed by atoms with E-state index in [1.807, 2.05) is 0 Å². The fraction of sp³-hybridized carbons (Fsp3) is 0.667. The van der Waals surface area contributed by atoms with Crippen molar-refractivity contribution in [3.63, 3.8) is 0 Å². The van der Waals surface area contributed by atoms with Gasteiger partial charge in [-0.2, -0.15) is 0 Å². The minimum atomic E-state index is -0.0121. The van der Waals surface area contributed by atoms with Gasteiger partial charge in [-0.05, 0) is 20.5 Å². The van der Waals surface area contributed by atoms with Crippen molar-refractivity contribution in [3.8, 4) is 0 Å². The molecular formula is C6H15NSi. The minimum absolute atomic E-state index is 0.0121. The maximum Gasteiger partial charge on any atom is 0.118 e. The fourth-order valence-corrected chi connectivity index (χ4v) is 1.36. The van der Waals surface area contributed by atoms with Crippen molar-refractivity contribution in [2.45, 2.75) is 13.3 Å². The standard InChI is InChI=1S/C6H15NSi/c1-4-5-6-8-7(2)3/h5-6H,4,8H2,1-3H3. The van der Waals surface area contributed by atoms with Crippen LogP contribution in [0.15, 0.2) is 11.8 Å². The van der Waals surface area contributed by atoms with Gasteiger partial charge in [-0.25, -0.2) is 0 Å². The maximum atomic E-state index is 2.32. The van der Waals surface area contributed by atoms with E-state index in [0.717, 1.165) is 0 Å². The molecule has 0 saturated carbocycles. The highest BCUT2D eigenvalue weighted by Gasteiger charge is 1.80. The Morgan fingerprint density at radius 1 is 1.50 bits per heavy atom. The Labute approximate surface area is 54.3 Å². The first-order valence-corrected chi connectivity index (χ1v) is 4.52. The smallest absolute Gasteiger partial charge is 0.118 e. The second kappa shape index (κ2) is 5.06. The van der Waals surface area contributed by atoms with Gasteiger partial charge in [-0.3, -0.25) is 0 Å². The topological polar surface area (TPSA) is 3.24 Å². The van der Waals surface area contributed by atoms with Gasteiger partial charge in [0.25, 0.3) is 0 Å². The maximum absolute atomic E-state index is 2.32. The van der Waals surface area contributed by atoms with E-state index >= 15 is 0 Å². The molecular weight excluding hydrogens is 114 g/mol. The van der Waals surface area contributed by atoms with Crippen LogP contribution in [-0.4, -0.2) is 28.3 Å². The quantitative estimate of drug-likeness (QED) is 0.503. The average molecular weight is 129 g/mol. The molecule has 0 N–H and O–H groups in total. The lowest BCUT2D eigenvalue weighted by Gasteiger charge is -2.01. The number of rotatable bonds is 3. The zero-order chi connectivity index (χ0) is 6.41. The lowest BCUT2D eigenvalue weighted by Crippen LogP contribution is -2.14. The van der Waals surface area contributed by atoms with Crippen LogP contribution in [0.5, 0.6) is 0 Å². The molecule has 0 aromatic heterocycles. The molecule has 48 valence electrons. The molecule has 0 aliphatic carbocycles. The predicted molar refractivity (Wildman–Crippen MR) is 41.7 cm³/mol. The van der Waals surface area contributed by atoms with E-state index in [4.69, 9.17) is 0 Å². The molecule has 0 aromatic carbocycles. The van der Waals surface area contributed by atoms with Crippen molar-refractivity contribution in [2.75, 3.05) is 14.1 Å². The van der Waals surface area contributed by atoms with E-state index in [1.54, 1.807) is 0 Å². The second-order valence-corrected chi connectivity index (χ2v) is 4.24. The molecule has 2 heteroatoms. The first kappa shape index (κ1) is 7.92. The SMILES string of the molecule is CCC=C[SiH2]N(C)C. The van der Waals surface area contributed by atoms with Gasteiger partial charge in [0.1, 0.15) is 9.68 Å². The summed E-state index contributed by atoms with van der Waals surface area (Å²) in [5.74, 6) is 0. The predicted octanol–water partition coefficient (Wildman–Crippen LogP) is 0.555. The van der Waals surface area contributed by atoms with Gasteiger partial charge >= 0.3 is 0 Å². The Morgan fingerprint density at radius 3 is 2.50 bits per heavy atom. The first-order valence-electron chi connectivity index (χ1n) is 3.07. The molecule has 8 heavy (non-hydrogen) atoms. The largest absolute Gasteiger partial charge is 0.331 e. The van der Waals surface area contributed by atoms with Gasteiger partial charge in [-0.1, -0.05) is 18.7 Å². The van der Waals surface area contributed by atoms with Crippen LogP contribution in [0.3, 0.4) is 0 Å². The van der Waals surface area contributed by atoms with Gasteiger partial charge in [0, 0.05) is 0 Å². The highest BCUT2D eigenvalue weighted by molar-refractivity contribution is 6.38. The van der Waals surface area contributed by atoms with Crippen molar-refractivity contribution in [1.29, 1.82) is 0 Å². The second-order valence-electron chi connectivity index (χ2n) is 2.14. The van der Waals surface area contributed by atoms with Crippen LogP contribution in [0.1, 0.15) is 13.3 Å². The van der Waals surface area contributed by atoms with Gasteiger partial charge in [-0.15, -0.1) is 0 Å². The van der Waals surface area contributed by atoms with Gasteiger partial charge in [0.05, 0.1) is 0 Å². The summed E-state index contributed by atoms with van der Waals surface area (Å²) in [6, 6.07) is 0. The molecule has 0 fully saturated rings. The summed E-state index contributed by atoms with van der Waals surface area (Å²) >= 11 is 0. The zero-order valence-electron chi connectivity index (χ0n) is 6.02. The third kappa shape index (κ3) is 5.92. The lowest BCUT2D eigenvalue weighted by molar-refractivity contribution is 0.668. The molecule has 0 aliphatic rings. The highest BCUT2D eigenvalue weighted by Crippen LogP contribution is 1.77. The molecule has 0 spiro atoms. The molecule has 0 rings (SSSR count). The Balaban J connectivity index is 3.03. The van der Waals surface area contributed by atoms with E-state index in [9.17, 15) is 0 Å². The van der Waals surface area contributed by atoms with Gasteiger partial charge in [0.15, 0.2) is 0 Å². The summed E-state index contributed by atoms with van der Waals surface area (Å²) in [6.07, 6.45) is 3.42. The molecule has 0 radical (unpaired) electrons. The fourth-order valence-electron chi connectivity index (χ4n) is 0.452. The number of nitrogens with zero attached hydrogens (tertiary/aromatic N) is 1. The summed E-state index contributed by atoms with van der Waals surface area (Å²) < 4.78 is 2.28. The van der Waals surface area contributed by atoms with E-state index in [-0.39, 0.29) is 9.68 Å². The number of allylic oxidation sites excluding steroid dienone is 1. The normalized spacial score (nSPS) is 13.0. The molecule has 0 unspecified atom stereocenters. The van der Waals surface area contributed by atoms with Crippen LogP contribution in [-0.2, 0) is 0 Å².